The van der Waals surface area contributed by atoms with Crippen molar-refractivity contribution in [3.05, 3.63) is 47.8 Å². The van der Waals surface area contributed by atoms with Gasteiger partial charge in [-0.15, -0.1) is 0 Å². The maximum atomic E-state index is 12.6. The van der Waals surface area contributed by atoms with Crippen molar-refractivity contribution in [1.82, 2.24) is 9.97 Å². The van der Waals surface area contributed by atoms with Crippen molar-refractivity contribution in [2.24, 2.45) is 0 Å². The average Bonchev–Trinajstić information content (AvgIpc) is 2.62. The Labute approximate surface area is 143 Å². The predicted octanol–water partition coefficient (Wildman–Crippen LogP) is 3.45. The minimum Gasteiger partial charge on any atom is -0.364 e. The van der Waals surface area contributed by atoms with Crippen LogP contribution in [0.5, 0.6) is 0 Å². The van der Waals surface area contributed by atoms with Crippen LogP contribution in [0.4, 0.5) is 24.8 Å². The Kier molecular flexibility index (Phi) is 4.74. The Morgan fingerprint density at radius 1 is 1.24 bits per heavy atom. The van der Waals surface area contributed by atoms with E-state index in [9.17, 15) is 13.2 Å². The van der Waals surface area contributed by atoms with Gasteiger partial charge in [-0.2, -0.15) is 18.4 Å². The number of nitrogens with zero attached hydrogens (tertiary/aromatic N) is 4. The molecular formula is C17H16F3N5. The highest BCUT2D eigenvalue weighted by atomic mass is 19.4. The van der Waals surface area contributed by atoms with Crippen molar-refractivity contribution in [1.29, 1.82) is 5.26 Å². The number of hydrogen-bond donors (Lipinski definition) is 1. The SMILES string of the molecule is N#Cc1cccnc1NC1CCCN(c2ccc(C(F)(F)F)cn2)C1. The Morgan fingerprint density at radius 2 is 2.08 bits per heavy atom. The summed E-state index contributed by atoms with van der Waals surface area (Å²) >= 11 is 0. The van der Waals surface area contributed by atoms with Crippen LogP contribution in [0.2, 0.25) is 0 Å². The van der Waals surface area contributed by atoms with Crippen molar-refractivity contribution in [3.63, 3.8) is 0 Å². The van der Waals surface area contributed by atoms with E-state index in [2.05, 4.69) is 21.4 Å². The molecule has 0 aromatic carbocycles. The van der Waals surface area contributed by atoms with Crippen LogP contribution in [-0.4, -0.2) is 29.1 Å². The van der Waals surface area contributed by atoms with E-state index < -0.39 is 11.7 Å². The van der Waals surface area contributed by atoms with Gasteiger partial charge in [0.1, 0.15) is 17.7 Å². The van der Waals surface area contributed by atoms with E-state index in [0.29, 0.717) is 23.7 Å². The highest BCUT2D eigenvalue weighted by molar-refractivity contribution is 5.52. The largest absolute Gasteiger partial charge is 0.417 e. The third kappa shape index (κ3) is 3.99. The minimum absolute atomic E-state index is 0.0415. The molecule has 2 aromatic rings. The molecule has 0 saturated carbocycles. The molecule has 0 aliphatic carbocycles. The highest BCUT2D eigenvalue weighted by Gasteiger charge is 2.31. The molecule has 1 aliphatic heterocycles. The van der Waals surface area contributed by atoms with E-state index in [4.69, 9.17) is 5.26 Å². The third-order valence-electron chi connectivity index (χ3n) is 4.09. The summed E-state index contributed by atoms with van der Waals surface area (Å²) in [5.74, 6) is 1.04. The van der Waals surface area contributed by atoms with Gasteiger partial charge < -0.3 is 10.2 Å². The molecule has 1 saturated heterocycles. The van der Waals surface area contributed by atoms with E-state index in [0.717, 1.165) is 31.6 Å². The predicted molar refractivity (Wildman–Crippen MR) is 87.0 cm³/mol. The smallest absolute Gasteiger partial charge is 0.364 e. The number of rotatable bonds is 3. The van der Waals surface area contributed by atoms with Crippen LogP contribution >= 0.6 is 0 Å². The normalized spacial score (nSPS) is 17.8. The molecule has 0 radical (unpaired) electrons. The summed E-state index contributed by atoms with van der Waals surface area (Å²) in [7, 11) is 0. The summed E-state index contributed by atoms with van der Waals surface area (Å²) in [6.45, 7) is 1.31. The van der Waals surface area contributed by atoms with Crippen LogP contribution < -0.4 is 10.2 Å². The second-order valence-corrected chi connectivity index (χ2v) is 5.84. The summed E-state index contributed by atoms with van der Waals surface area (Å²) in [5.41, 5.74) is -0.289. The standard InChI is InChI=1S/C17H16F3N5/c18-17(19,20)13-5-6-15(23-10-13)25-8-2-4-14(11-25)24-16-12(9-21)3-1-7-22-16/h1,3,5-7,10,14H,2,4,8,11H2,(H,22,24). The monoisotopic (exact) mass is 347 g/mol. The highest BCUT2D eigenvalue weighted by Crippen LogP contribution is 2.30. The lowest BCUT2D eigenvalue weighted by Crippen LogP contribution is -2.42. The van der Waals surface area contributed by atoms with Crippen molar-refractivity contribution in [3.8, 4) is 6.07 Å². The van der Waals surface area contributed by atoms with Crippen LogP contribution in [-0.2, 0) is 6.18 Å². The first kappa shape index (κ1) is 17.0. The molecule has 0 amide bonds. The molecule has 1 fully saturated rings. The molecule has 8 heteroatoms. The lowest BCUT2D eigenvalue weighted by Gasteiger charge is -2.34. The molecule has 25 heavy (non-hydrogen) atoms. The Hall–Kier alpha value is -2.82. The van der Waals surface area contributed by atoms with Crippen molar-refractivity contribution >= 4 is 11.6 Å². The second kappa shape index (κ2) is 6.97. The zero-order valence-electron chi connectivity index (χ0n) is 13.3. The van der Waals surface area contributed by atoms with Crippen LogP contribution in [0.25, 0.3) is 0 Å². The van der Waals surface area contributed by atoms with Crippen molar-refractivity contribution in [2.45, 2.75) is 25.1 Å². The van der Waals surface area contributed by atoms with E-state index in [1.54, 1.807) is 18.3 Å². The minimum atomic E-state index is -4.38. The maximum absolute atomic E-state index is 12.6. The van der Waals surface area contributed by atoms with Gasteiger partial charge in [-0.25, -0.2) is 9.97 Å². The van der Waals surface area contributed by atoms with Gasteiger partial charge in [0.15, 0.2) is 0 Å². The van der Waals surface area contributed by atoms with Gasteiger partial charge in [0.25, 0.3) is 0 Å². The molecule has 3 rings (SSSR count). The topological polar surface area (TPSA) is 64.8 Å². The molecule has 1 N–H and O–H groups in total. The summed E-state index contributed by atoms with van der Waals surface area (Å²) in [6.07, 6.45) is -0.155. The molecule has 0 spiro atoms. The van der Waals surface area contributed by atoms with Crippen molar-refractivity contribution in [2.75, 3.05) is 23.3 Å². The van der Waals surface area contributed by atoms with Gasteiger partial charge in [0.2, 0.25) is 0 Å². The fraction of sp³-hybridized carbons (Fsp3) is 0.353. The number of nitriles is 1. The average molecular weight is 347 g/mol. The van der Waals surface area contributed by atoms with E-state index in [-0.39, 0.29) is 6.04 Å². The van der Waals surface area contributed by atoms with Gasteiger partial charge in [-0.3, -0.25) is 0 Å². The molecule has 130 valence electrons. The van der Waals surface area contributed by atoms with Crippen LogP contribution in [0.1, 0.15) is 24.0 Å². The van der Waals surface area contributed by atoms with Gasteiger partial charge in [0.05, 0.1) is 11.1 Å². The van der Waals surface area contributed by atoms with E-state index in [1.165, 1.54) is 6.07 Å². The van der Waals surface area contributed by atoms with Gasteiger partial charge in [0, 0.05) is 31.5 Å². The van der Waals surface area contributed by atoms with Crippen LogP contribution in [0.3, 0.4) is 0 Å². The lowest BCUT2D eigenvalue weighted by molar-refractivity contribution is -0.137. The summed E-state index contributed by atoms with van der Waals surface area (Å²) in [5, 5.41) is 12.4. The number of hydrogen-bond acceptors (Lipinski definition) is 5. The van der Waals surface area contributed by atoms with E-state index in [1.807, 2.05) is 4.90 Å². The fourth-order valence-electron chi connectivity index (χ4n) is 2.85. The fourth-order valence-corrected chi connectivity index (χ4v) is 2.85. The third-order valence-corrected chi connectivity index (χ3v) is 4.09. The van der Waals surface area contributed by atoms with E-state index >= 15 is 0 Å². The van der Waals surface area contributed by atoms with Crippen LogP contribution in [0.15, 0.2) is 36.7 Å². The number of aromatic nitrogens is 2. The van der Waals surface area contributed by atoms with Gasteiger partial charge in [-0.05, 0) is 37.1 Å². The van der Waals surface area contributed by atoms with Gasteiger partial charge >= 0.3 is 6.18 Å². The second-order valence-electron chi connectivity index (χ2n) is 5.84. The molecular weight excluding hydrogens is 331 g/mol. The molecule has 3 heterocycles. The Morgan fingerprint density at radius 3 is 2.76 bits per heavy atom. The van der Waals surface area contributed by atoms with Crippen molar-refractivity contribution < 1.29 is 13.2 Å². The summed E-state index contributed by atoms with van der Waals surface area (Å²) in [6, 6.07) is 7.96. The molecule has 5 nitrogen and oxygen atoms in total. The Bertz CT molecular complexity index is 767. The quantitative estimate of drug-likeness (QED) is 0.921. The number of anilines is 2. The zero-order chi connectivity index (χ0) is 17.9. The molecule has 1 unspecified atom stereocenters. The number of piperidine rings is 1. The first-order chi connectivity index (χ1) is 12.0. The molecule has 2 aromatic heterocycles. The summed E-state index contributed by atoms with van der Waals surface area (Å²) < 4.78 is 37.9. The molecule has 1 aliphatic rings. The number of halogens is 3. The lowest BCUT2D eigenvalue weighted by atomic mass is 10.1. The van der Waals surface area contributed by atoms with Crippen LogP contribution in [0, 0.1) is 11.3 Å². The summed E-state index contributed by atoms with van der Waals surface area (Å²) in [4.78, 5) is 10.1. The first-order valence-corrected chi connectivity index (χ1v) is 7.87. The molecule has 0 bridgehead atoms. The molecule has 1 atom stereocenters. The maximum Gasteiger partial charge on any atom is 0.417 e. The number of alkyl halides is 3. The number of nitrogens with one attached hydrogen (secondary N) is 1. The van der Waals surface area contributed by atoms with Gasteiger partial charge in [-0.1, -0.05) is 0 Å². The zero-order valence-corrected chi connectivity index (χ0v) is 13.3. The Balaban J connectivity index is 1.70. The first-order valence-electron chi connectivity index (χ1n) is 7.87. The number of pyridine rings is 2.